The summed E-state index contributed by atoms with van der Waals surface area (Å²) in [5.74, 6) is -0.0326. The Hall–Kier alpha value is -2.39. The van der Waals surface area contributed by atoms with Crippen LogP contribution in [0.1, 0.15) is 21.9 Å². The lowest BCUT2D eigenvalue weighted by atomic mass is 10.2. The standard InChI is InChI=1S/C11H10N2O6S/c1-7-9(4-5-18-7)11(14)13-12-6-8-2-3-10(19-8)20(15,16)17/h2-6H,1H3,(H,13,14)(H,15,16,17)/p-1. The van der Waals surface area contributed by atoms with Gasteiger partial charge in [0.1, 0.15) is 11.5 Å². The molecular weight excluding hydrogens is 288 g/mol. The highest BCUT2D eigenvalue weighted by Crippen LogP contribution is 2.11. The van der Waals surface area contributed by atoms with Crippen molar-refractivity contribution in [2.75, 3.05) is 0 Å². The monoisotopic (exact) mass is 297 g/mol. The Morgan fingerprint density at radius 3 is 2.70 bits per heavy atom. The molecule has 2 heterocycles. The molecule has 8 nitrogen and oxygen atoms in total. The Balaban J connectivity index is 2.02. The lowest BCUT2D eigenvalue weighted by Crippen LogP contribution is -2.17. The number of aryl methyl sites for hydroxylation is 1. The van der Waals surface area contributed by atoms with E-state index in [0.717, 1.165) is 12.3 Å². The van der Waals surface area contributed by atoms with Crippen molar-refractivity contribution in [3.63, 3.8) is 0 Å². The van der Waals surface area contributed by atoms with Gasteiger partial charge in [0.05, 0.1) is 18.0 Å². The van der Waals surface area contributed by atoms with Gasteiger partial charge in [-0.15, -0.1) is 0 Å². The Bertz CT molecular complexity index is 755. The molecule has 0 aliphatic carbocycles. The molecule has 2 aromatic heterocycles. The third kappa shape index (κ3) is 3.13. The predicted octanol–water partition coefficient (Wildman–Crippen LogP) is 0.849. The van der Waals surface area contributed by atoms with Crippen molar-refractivity contribution in [2.45, 2.75) is 12.0 Å². The Morgan fingerprint density at radius 1 is 1.40 bits per heavy atom. The van der Waals surface area contributed by atoms with Crippen molar-refractivity contribution >= 4 is 22.2 Å². The minimum atomic E-state index is -4.64. The summed E-state index contributed by atoms with van der Waals surface area (Å²) >= 11 is 0. The summed E-state index contributed by atoms with van der Waals surface area (Å²) in [6.45, 7) is 1.62. The largest absolute Gasteiger partial charge is 0.742 e. The molecule has 0 fully saturated rings. The maximum absolute atomic E-state index is 11.6. The lowest BCUT2D eigenvalue weighted by Gasteiger charge is -2.00. The third-order valence-corrected chi connectivity index (χ3v) is 3.02. The number of nitrogens with zero attached hydrogens (tertiary/aromatic N) is 1. The summed E-state index contributed by atoms with van der Waals surface area (Å²) in [5, 5.41) is 2.87. The number of rotatable bonds is 4. The molecule has 106 valence electrons. The van der Waals surface area contributed by atoms with Crippen molar-refractivity contribution in [3.05, 3.63) is 41.5 Å². The van der Waals surface area contributed by atoms with Crippen LogP contribution in [0.25, 0.3) is 0 Å². The van der Waals surface area contributed by atoms with Crippen LogP contribution in [0, 0.1) is 6.92 Å². The molecule has 0 atom stereocenters. The van der Waals surface area contributed by atoms with E-state index in [1.807, 2.05) is 0 Å². The van der Waals surface area contributed by atoms with E-state index in [1.165, 1.54) is 18.4 Å². The first-order valence-electron chi connectivity index (χ1n) is 5.31. The summed E-state index contributed by atoms with van der Waals surface area (Å²) in [5.41, 5.74) is 2.53. The molecule has 0 radical (unpaired) electrons. The van der Waals surface area contributed by atoms with Gasteiger partial charge in [-0.3, -0.25) is 4.79 Å². The van der Waals surface area contributed by atoms with Crippen LogP contribution in [0.4, 0.5) is 0 Å². The number of hydrogen-bond donors (Lipinski definition) is 1. The van der Waals surface area contributed by atoms with Crippen LogP contribution < -0.4 is 5.43 Å². The van der Waals surface area contributed by atoms with Gasteiger partial charge in [0.15, 0.2) is 10.1 Å². The fourth-order valence-corrected chi connectivity index (χ4v) is 1.81. The Kier molecular flexibility index (Phi) is 3.72. The molecule has 0 aliphatic rings. The van der Waals surface area contributed by atoms with Crippen LogP contribution in [0.15, 0.2) is 43.5 Å². The van der Waals surface area contributed by atoms with Gasteiger partial charge in [-0.2, -0.15) is 5.10 Å². The molecule has 0 aliphatic heterocycles. The summed E-state index contributed by atoms with van der Waals surface area (Å²) in [6.07, 6.45) is 2.44. The summed E-state index contributed by atoms with van der Waals surface area (Å²) in [4.78, 5) is 11.6. The summed E-state index contributed by atoms with van der Waals surface area (Å²) in [7, 11) is -4.64. The Labute approximate surface area is 113 Å². The molecule has 2 rings (SSSR count). The van der Waals surface area contributed by atoms with E-state index in [2.05, 4.69) is 10.5 Å². The van der Waals surface area contributed by atoms with Crippen LogP contribution in [-0.2, 0) is 10.1 Å². The highest BCUT2D eigenvalue weighted by molar-refractivity contribution is 7.85. The fourth-order valence-electron chi connectivity index (χ4n) is 1.37. The average molecular weight is 297 g/mol. The van der Waals surface area contributed by atoms with Crippen LogP contribution in [0.3, 0.4) is 0 Å². The van der Waals surface area contributed by atoms with Gasteiger partial charge >= 0.3 is 0 Å². The minimum Gasteiger partial charge on any atom is -0.742 e. The van der Waals surface area contributed by atoms with E-state index in [9.17, 15) is 17.8 Å². The number of hydrazone groups is 1. The molecule has 1 amide bonds. The van der Waals surface area contributed by atoms with E-state index >= 15 is 0 Å². The second kappa shape index (κ2) is 5.31. The van der Waals surface area contributed by atoms with Crippen LogP contribution in [0.5, 0.6) is 0 Å². The van der Waals surface area contributed by atoms with Gasteiger partial charge in [-0.25, -0.2) is 13.8 Å². The maximum Gasteiger partial charge on any atom is 0.274 e. The highest BCUT2D eigenvalue weighted by atomic mass is 32.2. The normalized spacial score (nSPS) is 11.9. The average Bonchev–Trinajstić information content (AvgIpc) is 2.97. The summed E-state index contributed by atoms with van der Waals surface area (Å²) in [6, 6.07) is 3.73. The zero-order valence-electron chi connectivity index (χ0n) is 10.2. The molecule has 2 aromatic rings. The first-order chi connectivity index (χ1) is 9.38. The quantitative estimate of drug-likeness (QED) is 0.506. The van der Waals surface area contributed by atoms with Crippen molar-refractivity contribution in [1.29, 1.82) is 0 Å². The minimum absolute atomic E-state index is 0.0173. The first kappa shape index (κ1) is 14.0. The second-order valence-corrected chi connectivity index (χ2v) is 5.01. The maximum atomic E-state index is 11.6. The predicted molar refractivity (Wildman–Crippen MR) is 65.2 cm³/mol. The third-order valence-electron chi connectivity index (χ3n) is 2.31. The molecule has 0 saturated heterocycles. The number of carbonyl (C=O) groups excluding carboxylic acids is 1. The number of furan rings is 2. The lowest BCUT2D eigenvalue weighted by molar-refractivity contribution is 0.0953. The van der Waals surface area contributed by atoms with E-state index in [4.69, 9.17) is 8.83 Å². The number of amides is 1. The van der Waals surface area contributed by atoms with E-state index < -0.39 is 21.1 Å². The van der Waals surface area contributed by atoms with Gasteiger partial charge < -0.3 is 13.4 Å². The van der Waals surface area contributed by atoms with Gasteiger partial charge in [0, 0.05) is 0 Å². The fraction of sp³-hybridized carbons (Fsp3) is 0.0909. The molecular formula is C11H9N2O6S-. The van der Waals surface area contributed by atoms with Gasteiger partial charge in [0.2, 0.25) is 5.09 Å². The molecule has 9 heteroatoms. The van der Waals surface area contributed by atoms with Crippen LogP contribution in [-0.4, -0.2) is 25.1 Å². The topological polar surface area (TPSA) is 125 Å². The van der Waals surface area contributed by atoms with E-state index in [0.29, 0.717) is 11.3 Å². The van der Waals surface area contributed by atoms with Gasteiger partial charge in [-0.05, 0) is 25.1 Å². The van der Waals surface area contributed by atoms with Crippen LogP contribution in [0.2, 0.25) is 0 Å². The van der Waals surface area contributed by atoms with Crippen LogP contribution >= 0.6 is 0 Å². The second-order valence-electron chi connectivity index (χ2n) is 3.70. The number of hydrogen-bond acceptors (Lipinski definition) is 7. The number of carbonyl (C=O) groups is 1. The smallest absolute Gasteiger partial charge is 0.274 e. The molecule has 0 bridgehead atoms. The molecule has 1 N–H and O–H groups in total. The number of nitrogens with one attached hydrogen (secondary N) is 1. The SMILES string of the molecule is Cc1occc1C(=O)NN=Cc1ccc(S(=O)(=O)[O-])o1. The molecule has 0 saturated carbocycles. The van der Waals surface area contributed by atoms with Crippen molar-refractivity contribution in [1.82, 2.24) is 5.43 Å². The van der Waals surface area contributed by atoms with E-state index in [1.54, 1.807) is 6.92 Å². The molecule has 20 heavy (non-hydrogen) atoms. The van der Waals surface area contributed by atoms with Gasteiger partial charge in [-0.1, -0.05) is 0 Å². The highest BCUT2D eigenvalue weighted by Gasteiger charge is 2.10. The van der Waals surface area contributed by atoms with Crippen molar-refractivity contribution in [2.24, 2.45) is 5.10 Å². The van der Waals surface area contributed by atoms with Crippen molar-refractivity contribution < 1.29 is 26.6 Å². The molecule has 0 unspecified atom stereocenters. The first-order valence-corrected chi connectivity index (χ1v) is 6.72. The van der Waals surface area contributed by atoms with E-state index in [-0.39, 0.29) is 5.76 Å². The Morgan fingerprint density at radius 2 is 2.15 bits per heavy atom. The zero-order chi connectivity index (χ0) is 14.8. The van der Waals surface area contributed by atoms with Gasteiger partial charge in [0.25, 0.3) is 5.91 Å². The molecule has 0 aromatic carbocycles. The summed E-state index contributed by atoms with van der Waals surface area (Å²) < 4.78 is 41.6. The molecule has 0 spiro atoms. The zero-order valence-corrected chi connectivity index (χ0v) is 11.0. The van der Waals surface area contributed by atoms with Crippen molar-refractivity contribution in [3.8, 4) is 0 Å².